The maximum Gasteiger partial charge on any atom is 0.143 e. The van der Waals surface area contributed by atoms with E-state index in [-0.39, 0.29) is 0 Å². The van der Waals surface area contributed by atoms with Gasteiger partial charge in [-0.05, 0) is 39.0 Å². The fourth-order valence-corrected chi connectivity index (χ4v) is 7.10. The molecule has 0 spiro atoms. The predicted octanol–water partition coefficient (Wildman–Crippen LogP) is 9.17. The molecule has 0 aromatic heterocycles. The first kappa shape index (κ1) is 41.1. The zero-order chi connectivity index (χ0) is 25.6. The van der Waals surface area contributed by atoms with Gasteiger partial charge in [0.1, 0.15) is 28.0 Å². The van der Waals surface area contributed by atoms with Gasteiger partial charge in [0.15, 0.2) is 0 Å². The molecule has 0 N–H and O–H groups in total. The van der Waals surface area contributed by atoms with Gasteiger partial charge in [0.25, 0.3) is 0 Å². The smallest absolute Gasteiger partial charge is 0.133 e. The summed E-state index contributed by atoms with van der Waals surface area (Å²) in [7, 11) is 7.69. The van der Waals surface area contributed by atoms with E-state index in [0.717, 1.165) is 30.6 Å². The van der Waals surface area contributed by atoms with Crippen molar-refractivity contribution in [1.29, 1.82) is 0 Å². The van der Waals surface area contributed by atoms with E-state index in [4.69, 9.17) is 0 Å². The van der Waals surface area contributed by atoms with Crippen molar-refractivity contribution < 1.29 is 0 Å². The Morgan fingerprint density at radius 2 is 1.09 bits per heavy atom. The molecular weight excluding hydrogens is 455 g/mol. The molecule has 0 rings (SSSR count). The van der Waals surface area contributed by atoms with E-state index in [1.165, 1.54) is 74.5 Å². The third-order valence-electron chi connectivity index (χ3n) is 5.82. The summed E-state index contributed by atoms with van der Waals surface area (Å²) in [4.78, 5) is 0. The molecule has 0 aliphatic carbocycles. The summed E-state index contributed by atoms with van der Waals surface area (Å²) in [6, 6.07) is 5.63. The van der Waals surface area contributed by atoms with Crippen molar-refractivity contribution in [1.82, 2.24) is 0 Å². The first-order valence-corrected chi connectivity index (χ1v) is 21.3. The lowest BCUT2D eigenvalue weighted by molar-refractivity contribution is 1.30. The standard InChI is InChI=1S/C8H20BP.C6H15BP.C6H16BP.C4H11BP/c1-5-9(6-2)8-10(4)7-3;1-4-7-6-8(3)5-2;1-4-7(5-2)6-8-3;1-3-5-4-6-2/h5-8H2,1-4H3;4-6H2,1-3H3;8H,4-6H2,1-3H3;6H,3-4H2,1-2H3. The normalized spacial score (nSPS) is 12.1. The molecule has 0 heterocycles. The minimum absolute atomic E-state index is 0.360. The van der Waals surface area contributed by atoms with Crippen LogP contribution in [0.2, 0.25) is 37.9 Å². The molecule has 0 nitrogen and oxygen atoms in total. The molecule has 0 fully saturated rings. The molecular formula is C24H62B4P4. The maximum atomic E-state index is 2.42. The van der Waals surface area contributed by atoms with Gasteiger partial charge < -0.3 is 0 Å². The molecule has 0 aliphatic heterocycles. The zero-order valence-electron chi connectivity index (χ0n) is 24.7. The summed E-state index contributed by atoms with van der Waals surface area (Å²) in [6.45, 7) is 29.5. The second-order valence-electron chi connectivity index (χ2n) is 8.58. The van der Waals surface area contributed by atoms with Gasteiger partial charge in [-0.2, -0.15) is 0 Å². The summed E-state index contributed by atoms with van der Waals surface area (Å²) in [5.74, 6) is 0. The van der Waals surface area contributed by atoms with Gasteiger partial charge in [-0.15, -0.1) is 33.0 Å². The first-order valence-electron chi connectivity index (χ1n) is 13.6. The van der Waals surface area contributed by atoms with Gasteiger partial charge in [-0.25, -0.2) is 0 Å². The summed E-state index contributed by atoms with van der Waals surface area (Å²) in [5, 5.41) is 0. The molecule has 32 heavy (non-hydrogen) atoms. The highest BCUT2D eigenvalue weighted by Crippen LogP contribution is 2.31. The van der Waals surface area contributed by atoms with Crippen LogP contribution in [0, 0.1) is 0 Å². The Hall–Kier alpha value is 1.98. The average Bonchev–Trinajstić information content (AvgIpc) is 2.83. The monoisotopic (exact) mass is 518 g/mol. The van der Waals surface area contributed by atoms with E-state index in [9.17, 15) is 0 Å². The third kappa shape index (κ3) is 39.2. The highest BCUT2D eigenvalue weighted by Gasteiger charge is 2.10. The molecule has 8 heteroatoms. The van der Waals surface area contributed by atoms with Crippen LogP contribution in [0.1, 0.15) is 55.4 Å². The molecule has 0 aromatic rings. The fraction of sp³-hybridized carbons (Fsp3) is 1.00. The van der Waals surface area contributed by atoms with E-state index < -0.39 is 0 Å². The first-order chi connectivity index (χ1) is 15.3. The van der Waals surface area contributed by atoms with Crippen molar-refractivity contribution in [2.75, 3.05) is 63.2 Å². The molecule has 0 bridgehead atoms. The van der Waals surface area contributed by atoms with Crippen molar-refractivity contribution in [3.8, 4) is 0 Å². The molecule has 2 radical (unpaired) electrons. The summed E-state index contributed by atoms with van der Waals surface area (Å²) in [6.07, 6.45) is 10.8. The Morgan fingerprint density at radius 1 is 0.625 bits per heavy atom. The number of hydrogen-bond acceptors (Lipinski definition) is 0. The van der Waals surface area contributed by atoms with Gasteiger partial charge in [-0.1, -0.05) is 118 Å². The van der Waals surface area contributed by atoms with Crippen LogP contribution >= 0.6 is 33.0 Å². The van der Waals surface area contributed by atoms with Crippen molar-refractivity contribution in [3.63, 3.8) is 0 Å². The lowest BCUT2D eigenvalue weighted by Crippen LogP contribution is -2.14. The minimum Gasteiger partial charge on any atom is -0.133 e. The van der Waals surface area contributed by atoms with Gasteiger partial charge in [0, 0.05) is 0 Å². The molecule has 0 aromatic carbocycles. The van der Waals surface area contributed by atoms with Crippen LogP contribution in [-0.4, -0.2) is 91.2 Å². The SMILES string of the molecule is CCB(CC)CP(C)CC.CCB(CC)CPC.CC[B]CP(C)CC.CC[B]CPC. The second-order valence-corrected chi connectivity index (χ2v) is 16.2. The number of rotatable bonds is 16. The van der Waals surface area contributed by atoms with Crippen LogP contribution in [-0.2, 0) is 0 Å². The maximum absolute atomic E-state index is 2.42. The molecule has 4 atom stereocenters. The molecule has 0 amide bonds. The van der Waals surface area contributed by atoms with Crippen molar-refractivity contribution >= 4 is 61.0 Å². The largest absolute Gasteiger partial charge is 0.143 e. The highest BCUT2D eigenvalue weighted by molar-refractivity contribution is 7.59. The topological polar surface area (TPSA) is 0 Å². The van der Waals surface area contributed by atoms with Crippen molar-refractivity contribution in [3.05, 3.63) is 0 Å². The Labute approximate surface area is 217 Å². The Balaban J connectivity index is -0.000000166. The highest BCUT2D eigenvalue weighted by atomic mass is 31.1. The minimum atomic E-state index is 0.360. The van der Waals surface area contributed by atoms with E-state index in [2.05, 4.69) is 96.6 Å². The van der Waals surface area contributed by atoms with Crippen LogP contribution in [0.15, 0.2) is 0 Å². The van der Waals surface area contributed by atoms with Crippen LogP contribution in [0.25, 0.3) is 0 Å². The Bertz CT molecular complexity index is 291. The Morgan fingerprint density at radius 3 is 1.34 bits per heavy atom. The number of hydrogen-bond donors (Lipinski definition) is 0. The summed E-state index contributed by atoms with van der Waals surface area (Å²) >= 11 is 0. The second kappa shape index (κ2) is 37.5. The van der Waals surface area contributed by atoms with Crippen molar-refractivity contribution in [2.45, 2.75) is 93.3 Å². The average molecular weight is 518 g/mol. The van der Waals surface area contributed by atoms with E-state index in [0.29, 0.717) is 15.8 Å². The lowest BCUT2D eigenvalue weighted by atomic mass is 9.48. The van der Waals surface area contributed by atoms with E-state index in [1.807, 2.05) is 0 Å². The van der Waals surface area contributed by atoms with Crippen LogP contribution in [0.3, 0.4) is 0 Å². The zero-order valence-corrected chi connectivity index (χ0v) is 28.5. The summed E-state index contributed by atoms with van der Waals surface area (Å²) in [5.41, 5.74) is 0. The predicted molar refractivity (Wildman–Crippen MR) is 181 cm³/mol. The summed E-state index contributed by atoms with van der Waals surface area (Å²) < 4.78 is 0. The molecule has 190 valence electrons. The van der Waals surface area contributed by atoms with Crippen LogP contribution in [0.4, 0.5) is 0 Å². The van der Waals surface area contributed by atoms with Crippen LogP contribution < -0.4 is 0 Å². The van der Waals surface area contributed by atoms with E-state index >= 15 is 0 Å². The molecule has 0 saturated heterocycles. The Kier molecular flexibility index (Phi) is 48.2. The quantitative estimate of drug-likeness (QED) is 0.109. The van der Waals surface area contributed by atoms with Crippen LogP contribution in [0.5, 0.6) is 0 Å². The van der Waals surface area contributed by atoms with Gasteiger partial charge in [-0.3, -0.25) is 0 Å². The fourth-order valence-electron chi connectivity index (χ4n) is 2.75. The molecule has 0 saturated carbocycles. The van der Waals surface area contributed by atoms with Crippen molar-refractivity contribution in [2.24, 2.45) is 0 Å². The van der Waals surface area contributed by atoms with E-state index in [1.54, 1.807) is 0 Å². The van der Waals surface area contributed by atoms with Gasteiger partial charge in [0.2, 0.25) is 0 Å². The lowest BCUT2D eigenvalue weighted by Gasteiger charge is -2.13. The third-order valence-corrected chi connectivity index (χ3v) is 11.7. The van der Waals surface area contributed by atoms with Gasteiger partial charge >= 0.3 is 0 Å². The van der Waals surface area contributed by atoms with Gasteiger partial charge in [0.05, 0.1) is 0 Å². The molecule has 0 aliphatic rings. The molecule has 4 unspecified atom stereocenters.